The van der Waals surface area contributed by atoms with Gasteiger partial charge in [0.1, 0.15) is 19.0 Å². The molecule has 0 radical (unpaired) electrons. The smallest absolute Gasteiger partial charge is 0.411 e. The molecule has 17 heavy (non-hydrogen) atoms. The zero-order chi connectivity index (χ0) is 12.9. The quantitative estimate of drug-likeness (QED) is 0.644. The van der Waals surface area contributed by atoms with Crippen LogP contribution in [0.5, 0.6) is 5.75 Å². The maximum absolute atomic E-state index is 11.7. The third-order valence-corrected chi connectivity index (χ3v) is 1.95. The highest BCUT2D eigenvalue weighted by Gasteiger charge is 2.27. The van der Waals surface area contributed by atoms with Crippen LogP contribution in [0.25, 0.3) is 0 Å². The van der Waals surface area contributed by atoms with Gasteiger partial charge in [0.25, 0.3) is 0 Å². The number of nitrogen functional groups attached to an aromatic ring is 1. The molecule has 0 saturated carbocycles. The molecule has 0 unspecified atom stereocenters. The van der Waals surface area contributed by atoms with Gasteiger partial charge in [-0.1, -0.05) is 0 Å². The van der Waals surface area contributed by atoms with Gasteiger partial charge in [-0.25, -0.2) is 0 Å². The summed E-state index contributed by atoms with van der Waals surface area (Å²) in [5.41, 5.74) is 6.99. The Hall–Kier alpha value is -1.43. The van der Waals surface area contributed by atoms with E-state index in [1.54, 1.807) is 18.2 Å². The minimum Gasteiger partial charge on any atom is -0.491 e. The molecule has 1 rings (SSSR count). The highest BCUT2D eigenvalue weighted by Crippen LogP contribution is 2.20. The van der Waals surface area contributed by atoms with Crippen molar-refractivity contribution in [1.29, 1.82) is 0 Å². The molecular formula is C11H14F3NO2. The summed E-state index contributed by atoms with van der Waals surface area (Å²) in [6.07, 6.45) is -4.29. The third kappa shape index (κ3) is 5.44. The van der Waals surface area contributed by atoms with Crippen LogP contribution in [0.1, 0.15) is 5.56 Å². The Bertz CT molecular complexity index is 366. The van der Waals surface area contributed by atoms with Gasteiger partial charge < -0.3 is 15.2 Å². The molecule has 0 atom stereocenters. The Morgan fingerprint density at radius 2 is 1.94 bits per heavy atom. The summed E-state index contributed by atoms with van der Waals surface area (Å²) in [5, 5.41) is 0. The van der Waals surface area contributed by atoms with E-state index in [-0.39, 0.29) is 13.2 Å². The molecule has 0 fully saturated rings. The van der Waals surface area contributed by atoms with Crippen molar-refractivity contribution in [3.05, 3.63) is 23.8 Å². The normalized spacial score (nSPS) is 11.5. The second-order valence-electron chi connectivity index (χ2n) is 3.54. The average molecular weight is 249 g/mol. The fourth-order valence-corrected chi connectivity index (χ4v) is 1.23. The van der Waals surface area contributed by atoms with E-state index in [1.165, 1.54) is 0 Å². The lowest BCUT2D eigenvalue weighted by Gasteiger charge is -2.11. The summed E-state index contributed by atoms with van der Waals surface area (Å²) in [7, 11) is 0. The predicted molar refractivity (Wildman–Crippen MR) is 58.0 cm³/mol. The number of hydrogen-bond acceptors (Lipinski definition) is 3. The van der Waals surface area contributed by atoms with Gasteiger partial charge >= 0.3 is 6.18 Å². The lowest BCUT2D eigenvalue weighted by Crippen LogP contribution is -2.19. The Morgan fingerprint density at radius 3 is 2.53 bits per heavy atom. The molecule has 0 heterocycles. The van der Waals surface area contributed by atoms with Crippen molar-refractivity contribution in [2.45, 2.75) is 13.1 Å². The number of ether oxygens (including phenoxy) is 2. The fraction of sp³-hybridized carbons (Fsp3) is 0.455. The van der Waals surface area contributed by atoms with E-state index in [1.807, 2.05) is 6.92 Å². The fourth-order valence-electron chi connectivity index (χ4n) is 1.23. The van der Waals surface area contributed by atoms with Crippen LogP contribution in [0, 0.1) is 6.92 Å². The van der Waals surface area contributed by atoms with Crippen LogP contribution in [0.15, 0.2) is 18.2 Å². The topological polar surface area (TPSA) is 44.5 Å². The Balaban J connectivity index is 2.27. The number of anilines is 1. The van der Waals surface area contributed by atoms with Gasteiger partial charge in [-0.3, -0.25) is 0 Å². The maximum Gasteiger partial charge on any atom is 0.411 e. The predicted octanol–water partition coefficient (Wildman–Crippen LogP) is 2.53. The van der Waals surface area contributed by atoms with Crippen LogP contribution in [0.4, 0.5) is 18.9 Å². The SMILES string of the molecule is Cc1cc(N)ccc1OCCOCC(F)(F)F. The van der Waals surface area contributed by atoms with E-state index < -0.39 is 12.8 Å². The van der Waals surface area contributed by atoms with E-state index >= 15 is 0 Å². The van der Waals surface area contributed by atoms with E-state index in [0.29, 0.717) is 11.4 Å². The molecule has 0 spiro atoms. The molecular weight excluding hydrogens is 235 g/mol. The number of aryl methyl sites for hydroxylation is 1. The summed E-state index contributed by atoms with van der Waals surface area (Å²) >= 11 is 0. The van der Waals surface area contributed by atoms with Crippen molar-refractivity contribution in [1.82, 2.24) is 0 Å². The molecule has 0 aliphatic carbocycles. The molecule has 0 aromatic heterocycles. The van der Waals surface area contributed by atoms with E-state index in [0.717, 1.165) is 5.56 Å². The van der Waals surface area contributed by atoms with Crippen LogP contribution >= 0.6 is 0 Å². The number of nitrogens with two attached hydrogens (primary N) is 1. The zero-order valence-electron chi connectivity index (χ0n) is 9.38. The number of hydrogen-bond donors (Lipinski definition) is 1. The standard InChI is InChI=1S/C11H14F3NO2/c1-8-6-9(15)2-3-10(8)17-5-4-16-7-11(12,13)14/h2-3,6H,4-5,7,15H2,1H3. The monoisotopic (exact) mass is 249 g/mol. The highest BCUT2D eigenvalue weighted by atomic mass is 19.4. The second-order valence-corrected chi connectivity index (χ2v) is 3.54. The van der Waals surface area contributed by atoms with Crippen LogP contribution in [0.3, 0.4) is 0 Å². The van der Waals surface area contributed by atoms with Crippen LogP contribution in [-0.4, -0.2) is 26.0 Å². The van der Waals surface area contributed by atoms with Gasteiger partial charge in [0.05, 0.1) is 6.61 Å². The minimum atomic E-state index is -4.29. The number of benzene rings is 1. The van der Waals surface area contributed by atoms with E-state index in [2.05, 4.69) is 4.74 Å². The summed E-state index contributed by atoms with van der Waals surface area (Å²) in [6.45, 7) is 0.517. The lowest BCUT2D eigenvalue weighted by molar-refractivity contribution is -0.175. The van der Waals surface area contributed by atoms with Crippen molar-refractivity contribution < 1.29 is 22.6 Å². The Kier molecular flexibility index (Phi) is 4.62. The van der Waals surface area contributed by atoms with Crippen LogP contribution in [-0.2, 0) is 4.74 Å². The van der Waals surface area contributed by atoms with Gasteiger partial charge in [0.15, 0.2) is 0 Å². The van der Waals surface area contributed by atoms with Gasteiger partial charge in [0, 0.05) is 5.69 Å². The lowest BCUT2D eigenvalue weighted by atomic mass is 10.2. The summed E-state index contributed by atoms with van der Waals surface area (Å²) in [4.78, 5) is 0. The van der Waals surface area contributed by atoms with Crippen LogP contribution in [0.2, 0.25) is 0 Å². The van der Waals surface area contributed by atoms with Gasteiger partial charge in [-0.05, 0) is 30.7 Å². The van der Waals surface area contributed by atoms with Crippen LogP contribution < -0.4 is 10.5 Å². The van der Waals surface area contributed by atoms with Crippen molar-refractivity contribution in [3.8, 4) is 5.75 Å². The van der Waals surface area contributed by atoms with Gasteiger partial charge in [-0.15, -0.1) is 0 Å². The molecule has 2 N–H and O–H groups in total. The third-order valence-electron chi connectivity index (χ3n) is 1.95. The first kappa shape index (κ1) is 13.6. The first-order valence-electron chi connectivity index (χ1n) is 5.02. The zero-order valence-corrected chi connectivity index (χ0v) is 9.38. The van der Waals surface area contributed by atoms with Gasteiger partial charge in [-0.2, -0.15) is 13.2 Å². The largest absolute Gasteiger partial charge is 0.491 e. The molecule has 3 nitrogen and oxygen atoms in total. The number of rotatable bonds is 5. The van der Waals surface area contributed by atoms with Crippen molar-refractivity contribution >= 4 is 5.69 Å². The molecule has 0 saturated heterocycles. The Labute approximate surface area is 97.3 Å². The highest BCUT2D eigenvalue weighted by molar-refractivity contribution is 5.47. The molecule has 6 heteroatoms. The number of alkyl halides is 3. The number of halogens is 3. The molecule has 96 valence electrons. The van der Waals surface area contributed by atoms with Crippen molar-refractivity contribution in [3.63, 3.8) is 0 Å². The average Bonchev–Trinajstić information content (AvgIpc) is 2.18. The molecule has 0 amide bonds. The summed E-state index contributed by atoms with van der Waals surface area (Å²) in [5.74, 6) is 0.592. The summed E-state index contributed by atoms with van der Waals surface area (Å²) < 4.78 is 44.9. The Morgan fingerprint density at radius 1 is 1.24 bits per heavy atom. The van der Waals surface area contributed by atoms with E-state index in [4.69, 9.17) is 10.5 Å². The second kappa shape index (κ2) is 5.77. The molecule has 1 aromatic rings. The maximum atomic E-state index is 11.7. The molecule has 0 aliphatic heterocycles. The summed E-state index contributed by atoms with van der Waals surface area (Å²) in [6, 6.07) is 5.07. The van der Waals surface area contributed by atoms with Crippen molar-refractivity contribution in [2.24, 2.45) is 0 Å². The minimum absolute atomic E-state index is 0.0703. The van der Waals surface area contributed by atoms with Gasteiger partial charge in [0.2, 0.25) is 0 Å². The van der Waals surface area contributed by atoms with E-state index in [9.17, 15) is 13.2 Å². The first-order chi connectivity index (χ1) is 7.88. The molecule has 0 bridgehead atoms. The van der Waals surface area contributed by atoms with Crippen molar-refractivity contribution in [2.75, 3.05) is 25.6 Å². The first-order valence-corrected chi connectivity index (χ1v) is 5.02. The molecule has 1 aromatic carbocycles. The molecule has 0 aliphatic rings.